The van der Waals surface area contributed by atoms with Crippen molar-refractivity contribution in [2.45, 2.75) is 0 Å². The van der Waals surface area contributed by atoms with E-state index in [1.165, 1.54) is 34.9 Å². The summed E-state index contributed by atoms with van der Waals surface area (Å²) in [6.45, 7) is 3.63. The molecule has 0 saturated carbocycles. The van der Waals surface area contributed by atoms with Crippen molar-refractivity contribution in [2.75, 3.05) is 6.54 Å². The highest BCUT2D eigenvalue weighted by atomic mass is 19.1. The number of benzene rings is 1. The second-order valence-electron chi connectivity index (χ2n) is 5.77. The minimum absolute atomic E-state index is 0.144. The van der Waals surface area contributed by atoms with Crippen LogP contribution in [0.1, 0.15) is 5.56 Å². The molecular weight excluding hydrogens is 375 g/mol. The van der Waals surface area contributed by atoms with E-state index in [1.807, 2.05) is 0 Å². The quantitative estimate of drug-likeness (QED) is 0.397. The first-order valence-electron chi connectivity index (χ1n) is 8.50. The number of hydrogen-bond donors (Lipinski definition) is 1. The molecule has 0 radical (unpaired) electrons. The number of halogens is 1. The summed E-state index contributed by atoms with van der Waals surface area (Å²) in [6, 6.07) is 12.2. The van der Waals surface area contributed by atoms with Crippen molar-refractivity contribution >= 4 is 17.6 Å². The number of rotatable bonds is 6. The van der Waals surface area contributed by atoms with Crippen LogP contribution in [0.4, 0.5) is 4.39 Å². The van der Waals surface area contributed by atoms with Crippen LogP contribution in [0.3, 0.4) is 0 Å². The third-order valence-electron chi connectivity index (χ3n) is 3.84. The van der Waals surface area contributed by atoms with Gasteiger partial charge in [-0.3, -0.25) is 14.0 Å². The first kappa shape index (κ1) is 19.5. The summed E-state index contributed by atoms with van der Waals surface area (Å²) in [7, 11) is 0. The molecule has 2 heterocycles. The van der Waals surface area contributed by atoms with Gasteiger partial charge in [-0.25, -0.2) is 4.39 Å². The average Bonchev–Trinajstić information content (AvgIpc) is 2.73. The van der Waals surface area contributed by atoms with Gasteiger partial charge in [0.25, 0.3) is 11.5 Å². The van der Waals surface area contributed by atoms with Crippen molar-refractivity contribution in [3.8, 4) is 17.7 Å². The summed E-state index contributed by atoms with van der Waals surface area (Å²) in [6.07, 6.45) is 4.01. The topological polar surface area (TPSA) is 96.5 Å². The van der Waals surface area contributed by atoms with Crippen molar-refractivity contribution in [3.05, 3.63) is 88.6 Å². The van der Waals surface area contributed by atoms with Gasteiger partial charge in [0.15, 0.2) is 11.6 Å². The summed E-state index contributed by atoms with van der Waals surface area (Å²) in [5.41, 5.74) is -0.816. The van der Waals surface area contributed by atoms with Crippen LogP contribution in [0.15, 0.2) is 71.7 Å². The summed E-state index contributed by atoms with van der Waals surface area (Å²) >= 11 is 0. The molecule has 29 heavy (non-hydrogen) atoms. The zero-order valence-corrected chi connectivity index (χ0v) is 15.1. The first-order chi connectivity index (χ1) is 14.0. The van der Waals surface area contributed by atoms with Crippen LogP contribution < -0.4 is 15.6 Å². The van der Waals surface area contributed by atoms with Crippen LogP contribution in [-0.2, 0) is 4.79 Å². The highest BCUT2D eigenvalue weighted by Gasteiger charge is 2.18. The molecule has 1 aromatic carbocycles. The van der Waals surface area contributed by atoms with Gasteiger partial charge in [0.1, 0.15) is 22.9 Å². The normalized spacial score (nSPS) is 11.0. The number of pyridine rings is 1. The van der Waals surface area contributed by atoms with E-state index in [9.17, 15) is 19.2 Å². The Labute approximate surface area is 165 Å². The van der Waals surface area contributed by atoms with Gasteiger partial charge < -0.3 is 10.1 Å². The zero-order valence-electron chi connectivity index (χ0n) is 15.1. The molecule has 1 N–H and O–H groups in total. The predicted octanol–water partition coefficient (Wildman–Crippen LogP) is 2.84. The lowest BCUT2D eigenvalue weighted by Crippen LogP contribution is -2.25. The standard InChI is InChI=1S/C21H15FN4O3/c1-2-10-24-19(27)14(13-23)12-15-20(29-17-8-4-3-7-16(17)22)25-18-9-5-6-11-26(18)21(15)28/h2-9,11-12H,1,10H2,(H,24,27). The Morgan fingerprint density at radius 1 is 1.31 bits per heavy atom. The Kier molecular flexibility index (Phi) is 5.80. The predicted molar refractivity (Wildman–Crippen MR) is 105 cm³/mol. The number of nitrogens with zero attached hydrogens (tertiary/aromatic N) is 3. The van der Waals surface area contributed by atoms with Crippen LogP contribution in [-0.4, -0.2) is 21.8 Å². The van der Waals surface area contributed by atoms with E-state index in [4.69, 9.17) is 4.74 Å². The molecule has 0 saturated heterocycles. The minimum Gasteiger partial charge on any atom is -0.435 e. The molecule has 7 nitrogen and oxygen atoms in total. The SMILES string of the molecule is C=CCNC(=O)C(C#N)=Cc1c(Oc2ccccc2F)nc2ccccn2c1=O. The fourth-order valence-corrected chi connectivity index (χ4v) is 2.47. The van der Waals surface area contributed by atoms with E-state index in [1.54, 1.807) is 30.3 Å². The Bertz CT molecular complexity index is 1220. The molecule has 0 fully saturated rings. The summed E-state index contributed by atoms with van der Waals surface area (Å²) in [5, 5.41) is 11.8. The highest BCUT2D eigenvalue weighted by Crippen LogP contribution is 2.26. The molecule has 0 spiro atoms. The molecule has 144 valence electrons. The fourth-order valence-electron chi connectivity index (χ4n) is 2.47. The molecule has 0 aliphatic heterocycles. The van der Waals surface area contributed by atoms with Crippen LogP contribution in [0, 0.1) is 17.1 Å². The fraction of sp³-hybridized carbons (Fsp3) is 0.0476. The van der Waals surface area contributed by atoms with Crippen molar-refractivity contribution in [1.29, 1.82) is 5.26 Å². The van der Waals surface area contributed by atoms with Gasteiger partial charge in [-0.15, -0.1) is 6.58 Å². The molecule has 0 atom stereocenters. The number of para-hydroxylation sites is 1. The maximum Gasteiger partial charge on any atom is 0.269 e. The number of aromatic nitrogens is 2. The molecule has 8 heteroatoms. The molecule has 0 aliphatic carbocycles. The third-order valence-corrected chi connectivity index (χ3v) is 3.84. The van der Waals surface area contributed by atoms with Crippen molar-refractivity contribution in [2.24, 2.45) is 0 Å². The molecule has 0 aliphatic rings. The van der Waals surface area contributed by atoms with Crippen molar-refractivity contribution in [1.82, 2.24) is 14.7 Å². The second-order valence-corrected chi connectivity index (χ2v) is 5.77. The maximum absolute atomic E-state index is 14.0. The van der Waals surface area contributed by atoms with Crippen LogP contribution >= 0.6 is 0 Å². The molecule has 0 unspecified atom stereocenters. The monoisotopic (exact) mass is 390 g/mol. The molecule has 0 bridgehead atoms. The smallest absolute Gasteiger partial charge is 0.269 e. The van der Waals surface area contributed by atoms with E-state index in [-0.39, 0.29) is 35.0 Å². The van der Waals surface area contributed by atoms with E-state index >= 15 is 0 Å². The lowest BCUT2D eigenvalue weighted by Gasteiger charge is -2.10. The van der Waals surface area contributed by atoms with Gasteiger partial charge in [0.2, 0.25) is 5.88 Å². The van der Waals surface area contributed by atoms with Crippen LogP contribution in [0.2, 0.25) is 0 Å². The van der Waals surface area contributed by atoms with Crippen molar-refractivity contribution < 1.29 is 13.9 Å². The van der Waals surface area contributed by atoms with E-state index in [2.05, 4.69) is 16.9 Å². The first-order valence-corrected chi connectivity index (χ1v) is 8.50. The minimum atomic E-state index is -0.693. The van der Waals surface area contributed by atoms with Crippen LogP contribution in [0.25, 0.3) is 11.7 Å². The number of ether oxygens (including phenoxy) is 1. The Morgan fingerprint density at radius 3 is 2.79 bits per heavy atom. The second kappa shape index (κ2) is 8.63. The summed E-state index contributed by atoms with van der Waals surface area (Å²) in [5.74, 6) is -1.72. The number of carbonyl (C=O) groups is 1. The van der Waals surface area contributed by atoms with Gasteiger partial charge in [0.05, 0.1) is 0 Å². The summed E-state index contributed by atoms with van der Waals surface area (Å²) in [4.78, 5) is 29.4. The average molecular weight is 390 g/mol. The molecular formula is C21H15FN4O3. The number of nitrogens with one attached hydrogen (secondary N) is 1. The Balaban J connectivity index is 2.19. The molecule has 3 aromatic rings. The lowest BCUT2D eigenvalue weighted by molar-refractivity contribution is -0.116. The summed E-state index contributed by atoms with van der Waals surface area (Å²) < 4.78 is 20.8. The molecule has 2 aromatic heterocycles. The lowest BCUT2D eigenvalue weighted by atomic mass is 10.1. The van der Waals surface area contributed by atoms with E-state index in [0.29, 0.717) is 0 Å². The van der Waals surface area contributed by atoms with Crippen molar-refractivity contribution in [3.63, 3.8) is 0 Å². The Morgan fingerprint density at radius 2 is 2.07 bits per heavy atom. The number of fused-ring (bicyclic) bond motifs is 1. The maximum atomic E-state index is 14.0. The highest BCUT2D eigenvalue weighted by molar-refractivity contribution is 6.02. The molecule has 1 amide bonds. The third kappa shape index (κ3) is 4.20. The Hall–Kier alpha value is -4.25. The number of amides is 1. The van der Waals surface area contributed by atoms with E-state index in [0.717, 1.165) is 6.08 Å². The van der Waals surface area contributed by atoms with Gasteiger partial charge in [0, 0.05) is 12.7 Å². The van der Waals surface area contributed by atoms with Gasteiger partial charge in [-0.1, -0.05) is 24.3 Å². The zero-order chi connectivity index (χ0) is 20.8. The van der Waals surface area contributed by atoms with Gasteiger partial charge >= 0.3 is 0 Å². The largest absolute Gasteiger partial charge is 0.435 e. The van der Waals surface area contributed by atoms with Gasteiger partial charge in [-0.2, -0.15) is 10.2 Å². The number of nitriles is 1. The molecule has 3 rings (SSSR count). The number of hydrogen-bond acceptors (Lipinski definition) is 5. The van der Waals surface area contributed by atoms with Crippen LogP contribution in [0.5, 0.6) is 11.6 Å². The van der Waals surface area contributed by atoms with E-state index < -0.39 is 17.3 Å². The number of carbonyl (C=O) groups excluding carboxylic acids is 1. The van der Waals surface area contributed by atoms with Gasteiger partial charge in [-0.05, 0) is 30.3 Å².